The quantitative estimate of drug-likeness (QED) is 0.895. The number of rotatable bonds is 4. The van der Waals surface area contributed by atoms with Gasteiger partial charge in [0.1, 0.15) is 0 Å². The van der Waals surface area contributed by atoms with Crippen LogP contribution in [0.5, 0.6) is 0 Å². The zero-order valence-corrected chi connectivity index (χ0v) is 11.6. The number of amides is 2. The number of hydrogen-bond donors (Lipinski definition) is 2. The molecule has 2 N–H and O–H groups in total. The van der Waals surface area contributed by atoms with Crippen LogP contribution in [0, 0.1) is 0 Å². The molecule has 1 aromatic rings. The average molecular weight is 302 g/mol. The van der Waals surface area contributed by atoms with Crippen molar-refractivity contribution < 1.29 is 18.4 Å². The number of alkyl halides is 2. The molecule has 1 fully saturated rings. The molecule has 110 valence electrons. The summed E-state index contributed by atoms with van der Waals surface area (Å²) in [5, 5.41) is 8.64. The highest BCUT2D eigenvalue weighted by Gasteiger charge is 2.35. The number of nitrogens with one attached hydrogen (secondary N) is 2. The number of thiophene rings is 1. The van der Waals surface area contributed by atoms with Gasteiger partial charge < -0.3 is 10.6 Å². The molecular weight excluding hydrogens is 286 g/mol. The summed E-state index contributed by atoms with van der Waals surface area (Å²) in [6.07, 6.45) is 0.160. The van der Waals surface area contributed by atoms with Crippen LogP contribution in [0.2, 0.25) is 0 Å². The molecule has 0 atom stereocenters. The van der Waals surface area contributed by atoms with Crippen molar-refractivity contribution in [3.05, 3.63) is 22.4 Å². The molecule has 20 heavy (non-hydrogen) atoms. The molecule has 2 amide bonds. The van der Waals surface area contributed by atoms with E-state index >= 15 is 0 Å². The van der Waals surface area contributed by atoms with E-state index in [-0.39, 0.29) is 50.1 Å². The summed E-state index contributed by atoms with van der Waals surface area (Å²) in [7, 11) is 0. The molecule has 1 saturated carbocycles. The van der Waals surface area contributed by atoms with Crippen LogP contribution in [0.4, 0.5) is 8.78 Å². The molecule has 0 radical (unpaired) electrons. The fourth-order valence-electron chi connectivity index (χ4n) is 2.12. The molecule has 4 nitrogen and oxygen atoms in total. The summed E-state index contributed by atoms with van der Waals surface area (Å²) in [4.78, 5) is 23.2. The van der Waals surface area contributed by atoms with Gasteiger partial charge in [-0.2, -0.15) is 11.3 Å². The predicted molar refractivity (Wildman–Crippen MR) is 72.0 cm³/mol. The van der Waals surface area contributed by atoms with Gasteiger partial charge in [-0.05, 0) is 24.3 Å². The third-order valence-corrected chi connectivity index (χ3v) is 3.96. The smallest absolute Gasteiger partial charge is 0.252 e. The minimum absolute atomic E-state index is 0.137. The van der Waals surface area contributed by atoms with Crippen molar-refractivity contribution in [1.82, 2.24) is 10.6 Å². The van der Waals surface area contributed by atoms with E-state index in [0.717, 1.165) is 0 Å². The monoisotopic (exact) mass is 302 g/mol. The highest BCUT2D eigenvalue weighted by Crippen LogP contribution is 2.32. The molecule has 0 spiro atoms. The molecule has 0 aliphatic heterocycles. The van der Waals surface area contributed by atoms with E-state index < -0.39 is 5.92 Å². The summed E-state index contributed by atoms with van der Waals surface area (Å²) < 4.78 is 25.9. The Hall–Kier alpha value is -1.50. The second-order valence-electron chi connectivity index (χ2n) is 4.89. The van der Waals surface area contributed by atoms with Crippen LogP contribution in [0.25, 0.3) is 0 Å². The highest BCUT2D eigenvalue weighted by molar-refractivity contribution is 7.08. The Morgan fingerprint density at radius 3 is 2.65 bits per heavy atom. The molecule has 1 heterocycles. The van der Waals surface area contributed by atoms with Crippen LogP contribution in [0.3, 0.4) is 0 Å². The van der Waals surface area contributed by atoms with E-state index in [4.69, 9.17) is 0 Å². The van der Waals surface area contributed by atoms with Gasteiger partial charge >= 0.3 is 0 Å². The van der Waals surface area contributed by atoms with Crippen molar-refractivity contribution in [2.45, 2.75) is 37.6 Å². The Morgan fingerprint density at radius 2 is 2.05 bits per heavy atom. The molecule has 0 aromatic carbocycles. The van der Waals surface area contributed by atoms with Gasteiger partial charge in [0, 0.05) is 29.8 Å². The molecule has 0 unspecified atom stereocenters. The lowest BCUT2D eigenvalue weighted by molar-refractivity contribution is -0.122. The van der Waals surface area contributed by atoms with Crippen LogP contribution in [-0.4, -0.2) is 30.3 Å². The maximum absolute atomic E-state index is 13.0. The summed E-state index contributed by atoms with van der Waals surface area (Å²) in [6.45, 7) is -0.137. The molecule has 7 heteroatoms. The molecule has 1 aromatic heterocycles. The molecule has 1 aliphatic carbocycles. The first-order valence-corrected chi connectivity index (χ1v) is 7.38. The number of hydrogen-bond acceptors (Lipinski definition) is 3. The van der Waals surface area contributed by atoms with Gasteiger partial charge in [0.05, 0.1) is 6.54 Å². The normalized spacial score (nSPS) is 18.5. The Balaban J connectivity index is 1.70. The van der Waals surface area contributed by atoms with Crippen LogP contribution in [0.15, 0.2) is 16.8 Å². The summed E-state index contributed by atoms with van der Waals surface area (Å²) in [5.74, 6) is -3.26. The summed E-state index contributed by atoms with van der Waals surface area (Å²) >= 11 is 1.40. The molecular formula is C13H16F2N2O2S. The second-order valence-corrected chi connectivity index (χ2v) is 5.67. The lowest BCUT2D eigenvalue weighted by Crippen LogP contribution is -2.44. The van der Waals surface area contributed by atoms with Gasteiger partial charge in [-0.25, -0.2) is 8.78 Å². The van der Waals surface area contributed by atoms with E-state index in [9.17, 15) is 18.4 Å². The third-order valence-electron chi connectivity index (χ3n) is 3.28. The summed E-state index contributed by atoms with van der Waals surface area (Å²) in [5.41, 5.74) is 0.514. The maximum atomic E-state index is 13.0. The van der Waals surface area contributed by atoms with Gasteiger partial charge in [0.15, 0.2) is 0 Å². The minimum atomic E-state index is -2.60. The number of carbonyl (C=O) groups is 2. The first-order chi connectivity index (χ1) is 9.46. The van der Waals surface area contributed by atoms with Gasteiger partial charge in [-0.1, -0.05) is 0 Å². The van der Waals surface area contributed by atoms with E-state index in [2.05, 4.69) is 10.6 Å². The standard InChI is InChI=1S/C13H16F2N2O2S/c14-13(15)4-1-10(2-5-13)17-11(18)7-16-12(19)9-3-6-20-8-9/h3,6,8,10H,1-2,4-5,7H2,(H,16,19)(H,17,18). The lowest BCUT2D eigenvalue weighted by Gasteiger charge is -2.28. The molecule has 0 saturated heterocycles. The lowest BCUT2D eigenvalue weighted by atomic mass is 9.92. The van der Waals surface area contributed by atoms with E-state index in [1.165, 1.54) is 11.3 Å². The average Bonchev–Trinajstić information content (AvgIpc) is 2.92. The fraction of sp³-hybridized carbons (Fsp3) is 0.538. The topological polar surface area (TPSA) is 58.2 Å². The van der Waals surface area contributed by atoms with Crippen molar-refractivity contribution in [3.8, 4) is 0 Å². The number of carbonyl (C=O) groups excluding carboxylic acids is 2. The maximum Gasteiger partial charge on any atom is 0.252 e. The van der Waals surface area contributed by atoms with Crippen LogP contribution in [0.1, 0.15) is 36.0 Å². The Morgan fingerprint density at radius 1 is 1.35 bits per heavy atom. The molecule has 2 rings (SSSR count). The van der Waals surface area contributed by atoms with E-state index in [0.29, 0.717) is 5.56 Å². The van der Waals surface area contributed by atoms with E-state index in [1.54, 1.807) is 16.8 Å². The van der Waals surface area contributed by atoms with Crippen molar-refractivity contribution >= 4 is 23.2 Å². The Labute approximate surface area is 119 Å². The zero-order chi connectivity index (χ0) is 14.6. The second kappa shape index (κ2) is 6.30. The fourth-order valence-corrected chi connectivity index (χ4v) is 2.76. The third kappa shape index (κ3) is 4.26. The van der Waals surface area contributed by atoms with Gasteiger partial charge in [0.25, 0.3) is 5.91 Å². The van der Waals surface area contributed by atoms with Crippen molar-refractivity contribution in [1.29, 1.82) is 0 Å². The first kappa shape index (κ1) is 14.9. The Bertz CT molecular complexity index is 467. The van der Waals surface area contributed by atoms with Crippen molar-refractivity contribution in [3.63, 3.8) is 0 Å². The van der Waals surface area contributed by atoms with E-state index in [1.807, 2.05) is 0 Å². The van der Waals surface area contributed by atoms with Crippen LogP contribution < -0.4 is 10.6 Å². The van der Waals surface area contributed by atoms with Gasteiger partial charge in [-0.15, -0.1) is 0 Å². The Kier molecular flexibility index (Phi) is 4.69. The van der Waals surface area contributed by atoms with Crippen LogP contribution in [-0.2, 0) is 4.79 Å². The van der Waals surface area contributed by atoms with Crippen molar-refractivity contribution in [2.24, 2.45) is 0 Å². The molecule has 1 aliphatic rings. The van der Waals surface area contributed by atoms with Gasteiger partial charge in [-0.3, -0.25) is 9.59 Å². The predicted octanol–water partition coefficient (Wildman–Crippen LogP) is 2.17. The molecule has 0 bridgehead atoms. The van der Waals surface area contributed by atoms with Gasteiger partial charge in [0.2, 0.25) is 11.8 Å². The van der Waals surface area contributed by atoms with Crippen LogP contribution >= 0.6 is 11.3 Å². The largest absolute Gasteiger partial charge is 0.352 e. The van der Waals surface area contributed by atoms with Crippen molar-refractivity contribution in [2.75, 3.05) is 6.54 Å². The first-order valence-electron chi connectivity index (χ1n) is 6.44. The summed E-state index contributed by atoms with van der Waals surface area (Å²) in [6, 6.07) is 1.45. The highest BCUT2D eigenvalue weighted by atomic mass is 32.1. The zero-order valence-electron chi connectivity index (χ0n) is 10.8. The minimum Gasteiger partial charge on any atom is -0.352 e. The SMILES string of the molecule is O=C(CNC(=O)c1ccsc1)NC1CCC(F)(F)CC1. The number of halogens is 2.